The fraction of sp³-hybridized carbons (Fsp3) is 0.778. The van der Waals surface area contributed by atoms with E-state index in [1.54, 1.807) is 6.26 Å². The topological polar surface area (TPSA) is 6.48 Å². The van der Waals surface area contributed by atoms with Crippen LogP contribution in [-0.4, -0.2) is 36.3 Å². The highest BCUT2D eigenvalue weighted by atomic mass is 32.1. The van der Waals surface area contributed by atoms with Gasteiger partial charge in [-0.25, -0.2) is 0 Å². The van der Waals surface area contributed by atoms with E-state index < -0.39 is 0 Å². The summed E-state index contributed by atoms with van der Waals surface area (Å²) in [6, 6.07) is 0. The lowest BCUT2D eigenvalue weighted by atomic mass is 10.3. The Balaban J connectivity index is 0.000000561. The molecule has 1 aliphatic heterocycles. The van der Waals surface area contributed by atoms with Gasteiger partial charge in [0.2, 0.25) is 0 Å². The highest BCUT2D eigenvalue weighted by molar-refractivity contribution is 7.79. The fourth-order valence-electron chi connectivity index (χ4n) is 1.10. The van der Waals surface area contributed by atoms with Gasteiger partial charge in [0.05, 0.1) is 6.67 Å². The summed E-state index contributed by atoms with van der Waals surface area (Å²) in [7, 11) is 2.10. The first kappa shape index (κ1) is 11.7. The average Bonchev–Trinajstić information content (AvgIpc) is 2.51. The van der Waals surface area contributed by atoms with E-state index >= 15 is 0 Å². The maximum Gasteiger partial charge on any atom is 0.0890 e. The summed E-state index contributed by atoms with van der Waals surface area (Å²) in [5.41, 5.74) is 0. The lowest BCUT2D eigenvalue weighted by molar-refractivity contribution is 0.293. The van der Waals surface area contributed by atoms with Crippen LogP contribution in [0.25, 0.3) is 0 Å². The van der Waals surface area contributed by atoms with Gasteiger partial charge in [0.1, 0.15) is 0 Å². The minimum Gasteiger partial charge on any atom is -0.362 e. The van der Waals surface area contributed by atoms with Crippen LogP contribution in [0.5, 0.6) is 0 Å². The lowest BCUT2D eigenvalue weighted by Crippen LogP contribution is -2.23. The first-order chi connectivity index (χ1) is 5.83. The van der Waals surface area contributed by atoms with Crippen LogP contribution in [-0.2, 0) is 0 Å². The van der Waals surface area contributed by atoms with Gasteiger partial charge in [-0.3, -0.25) is 0 Å². The molecule has 0 aromatic carbocycles. The van der Waals surface area contributed by atoms with E-state index in [4.69, 9.17) is 0 Å². The first-order valence-electron chi connectivity index (χ1n) is 4.40. The number of hydrogen-bond donors (Lipinski definition) is 1. The summed E-state index contributed by atoms with van der Waals surface area (Å²) in [6.45, 7) is 4.50. The third-order valence-corrected chi connectivity index (χ3v) is 1.74. The molecule has 0 bridgehead atoms. The Kier molecular flexibility index (Phi) is 7.16. The van der Waals surface area contributed by atoms with Gasteiger partial charge < -0.3 is 9.80 Å². The van der Waals surface area contributed by atoms with E-state index in [9.17, 15) is 0 Å². The summed E-state index contributed by atoms with van der Waals surface area (Å²) >= 11 is 3.53. The van der Waals surface area contributed by atoms with Crippen molar-refractivity contribution in [3.8, 4) is 0 Å². The molecule has 0 spiro atoms. The van der Waals surface area contributed by atoms with Gasteiger partial charge in [-0.1, -0.05) is 13.3 Å². The molecule has 0 saturated heterocycles. The molecule has 0 aromatic rings. The SMILES string of the molecule is CCCCN1C=CN(C)C1.CS. The van der Waals surface area contributed by atoms with Crippen molar-refractivity contribution >= 4 is 12.6 Å². The molecule has 0 unspecified atom stereocenters. The smallest absolute Gasteiger partial charge is 0.0890 e. The second kappa shape index (κ2) is 7.35. The monoisotopic (exact) mass is 188 g/mol. The van der Waals surface area contributed by atoms with E-state index in [0.717, 1.165) is 6.67 Å². The van der Waals surface area contributed by atoms with Crippen molar-refractivity contribution < 1.29 is 0 Å². The minimum atomic E-state index is 1.07. The predicted molar refractivity (Wildman–Crippen MR) is 58.3 cm³/mol. The third kappa shape index (κ3) is 4.54. The quantitative estimate of drug-likeness (QED) is 0.677. The second-order valence-electron chi connectivity index (χ2n) is 2.86. The molecule has 0 radical (unpaired) electrons. The molecule has 0 fully saturated rings. The molecule has 1 rings (SSSR count). The van der Waals surface area contributed by atoms with Crippen LogP contribution >= 0.6 is 12.6 Å². The lowest BCUT2D eigenvalue weighted by Gasteiger charge is -2.17. The molecule has 0 amide bonds. The van der Waals surface area contributed by atoms with Crippen molar-refractivity contribution in [1.82, 2.24) is 9.80 Å². The predicted octanol–water partition coefficient (Wildman–Crippen LogP) is 2.01. The summed E-state index contributed by atoms with van der Waals surface area (Å²) < 4.78 is 0. The summed E-state index contributed by atoms with van der Waals surface area (Å²) in [4.78, 5) is 4.53. The number of nitrogens with zero attached hydrogens (tertiary/aromatic N) is 2. The first-order valence-corrected chi connectivity index (χ1v) is 5.29. The van der Waals surface area contributed by atoms with Crippen LogP contribution in [0.15, 0.2) is 12.4 Å². The molecule has 0 N–H and O–H groups in total. The number of unbranched alkanes of at least 4 members (excludes halogenated alkanes) is 1. The Morgan fingerprint density at radius 1 is 1.33 bits per heavy atom. The van der Waals surface area contributed by atoms with Gasteiger partial charge in [-0.15, -0.1) is 0 Å². The molecule has 3 heteroatoms. The van der Waals surface area contributed by atoms with Crippen molar-refractivity contribution in [3.05, 3.63) is 12.4 Å². The Hall–Kier alpha value is -0.310. The fourth-order valence-corrected chi connectivity index (χ4v) is 1.10. The second-order valence-corrected chi connectivity index (χ2v) is 2.86. The van der Waals surface area contributed by atoms with E-state index in [2.05, 4.69) is 48.8 Å². The van der Waals surface area contributed by atoms with E-state index in [0.29, 0.717) is 0 Å². The molecular weight excluding hydrogens is 168 g/mol. The number of thiol groups is 1. The summed E-state index contributed by atoms with van der Waals surface area (Å²) in [6.07, 6.45) is 8.57. The van der Waals surface area contributed by atoms with Crippen molar-refractivity contribution in [1.29, 1.82) is 0 Å². The van der Waals surface area contributed by atoms with Gasteiger partial charge in [0, 0.05) is 26.0 Å². The molecule has 12 heavy (non-hydrogen) atoms. The zero-order valence-electron chi connectivity index (χ0n) is 8.32. The Morgan fingerprint density at radius 3 is 2.42 bits per heavy atom. The molecule has 1 heterocycles. The molecular formula is C9H20N2S. The van der Waals surface area contributed by atoms with Crippen LogP contribution in [0, 0.1) is 0 Å². The largest absolute Gasteiger partial charge is 0.362 e. The van der Waals surface area contributed by atoms with Crippen molar-refractivity contribution in [2.24, 2.45) is 0 Å². The van der Waals surface area contributed by atoms with E-state index in [1.165, 1.54) is 19.4 Å². The maximum absolute atomic E-state index is 3.53. The van der Waals surface area contributed by atoms with Crippen LogP contribution in [0.3, 0.4) is 0 Å². The van der Waals surface area contributed by atoms with Crippen LogP contribution in [0.2, 0.25) is 0 Å². The third-order valence-electron chi connectivity index (χ3n) is 1.74. The zero-order valence-corrected chi connectivity index (χ0v) is 9.22. The van der Waals surface area contributed by atoms with Crippen LogP contribution < -0.4 is 0 Å². The molecule has 0 atom stereocenters. The number of rotatable bonds is 3. The van der Waals surface area contributed by atoms with E-state index in [-0.39, 0.29) is 0 Å². The van der Waals surface area contributed by atoms with Crippen LogP contribution in [0.4, 0.5) is 0 Å². The van der Waals surface area contributed by atoms with Crippen molar-refractivity contribution in [3.63, 3.8) is 0 Å². The van der Waals surface area contributed by atoms with Crippen LogP contribution in [0.1, 0.15) is 19.8 Å². The summed E-state index contributed by atoms with van der Waals surface area (Å²) in [5, 5.41) is 0. The molecule has 2 nitrogen and oxygen atoms in total. The Labute approximate surface area is 81.6 Å². The highest BCUT2D eigenvalue weighted by Crippen LogP contribution is 2.04. The van der Waals surface area contributed by atoms with Gasteiger partial charge in [0.25, 0.3) is 0 Å². The zero-order chi connectivity index (χ0) is 9.40. The Morgan fingerprint density at radius 2 is 2.00 bits per heavy atom. The molecule has 0 aromatic heterocycles. The average molecular weight is 188 g/mol. The van der Waals surface area contributed by atoms with Gasteiger partial charge >= 0.3 is 0 Å². The molecule has 0 aliphatic carbocycles. The standard InChI is InChI=1S/C8H16N2.CH4S/c1-3-4-5-10-7-6-9(2)8-10;1-2/h6-7H,3-5,8H2,1-2H3;2H,1H3. The molecule has 72 valence electrons. The van der Waals surface area contributed by atoms with Crippen molar-refractivity contribution in [2.45, 2.75) is 19.8 Å². The summed E-state index contributed by atoms with van der Waals surface area (Å²) in [5.74, 6) is 0. The molecule has 0 saturated carbocycles. The van der Waals surface area contributed by atoms with Gasteiger partial charge in [-0.05, 0) is 12.7 Å². The van der Waals surface area contributed by atoms with Crippen molar-refractivity contribution in [2.75, 3.05) is 26.5 Å². The van der Waals surface area contributed by atoms with E-state index in [1.807, 2.05) is 0 Å². The van der Waals surface area contributed by atoms with Gasteiger partial charge in [-0.2, -0.15) is 12.6 Å². The normalized spacial score (nSPS) is 14.7. The maximum atomic E-state index is 3.53. The molecule has 1 aliphatic rings. The van der Waals surface area contributed by atoms with Gasteiger partial charge in [0.15, 0.2) is 0 Å². The minimum absolute atomic E-state index is 1.07. The highest BCUT2D eigenvalue weighted by Gasteiger charge is 2.05. The number of hydrogen-bond acceptors (Lipinski definition) is 3. The Bertz CT molecular complexity index is 126.